The Hall–Kier alpha value is -2.17. The zero-order chi connectivity index (χ0) is 15.9. The molecule has 0 N–H and O–H groups in total. The molecule has 1 aliphatic rings. The number of carbonyl (C=O) groups is 3. The summed E-state index contributed by atoms with van der Waals surface area (Å²) in [4.78, 5) is 39.3. The lowest BCUT2D eigenvalue weighted by atomic mass is 10.0. The number of aryl methyl sites for hydroxylation is 2. The largest absolute Gasteiger partial charge is 0.342 e. The van der Waals surface area contributed by atoms with Crippen LogP contribution in [0.4, 0.5) is 5.69 Å². The fourth-order valence-corrected chi connectivity index (χ4v) is 2.52. The second-order valence-electron chi connectivity index (χ2n) is 5.80. The molecule has 1 aromatic rings. The van der Waals surface area contributed by atoms with E-state index in [1.54, 1.807) is 18.0 Å². The Balaban J connectivity index is 2.38. The lowest BCUT2D eigenvalue weighted by Gasteiger charge is -2.25. The highest BCUT2D eigenvalue weighted by atomic mass is 16.2. The zero-order valence-corrected chi connectivity index (χ0v) is 13.1. The van der Waals surface area contributed by atoms with Crippen molar-refractivity contribution in [2.75, 3.05) is 18.5 Å². The second kappa shape index (κ2) is 5.31. The Morgan fingerprint density at radius 1 is 1.24 bits per heavy atom. The van der Waals surface area contributed by atoms with Crippen molar-refractivity contribution >= 4 is 23.3 Å². The number of hydrogen-bond donors (Lipinski definition) is 0. The molecule has 2 amide bonds. The van der Waals surface area contributed by atoms with Crippen molar-refractivity contribution in [2.45, 2.75) is 33.7 Å². The molecule has 2 rings (SSSR count). The van der Waals surface area contributed by atoms with Gasteiger partial charge in [-0.05, 0) is 44.9 Å². The molecule has 5 heteroatoms. The van der Waals surface area contributed by atoms with Crippen LogP contribution in [0.15, 0.2) is 12.1 Å². The first-order valence-corrected chi connectivity index (χ1v) is 6.97. The van der Waals surface area contributed by atoms with E-state index in [-0.39, 0.29) is 18.5 Å². The summed E-state index contributed by atoms with van der Waals surface area (Å²) in [6.45, 7) is 7.43. The lowest BCUT2D eigenvalue weighted by molar-refractivity contribution is -0.131. The van der Waals surface area contributed by atoms with Gasteiger partial charge in [-0.15, -0.1) is 0 Å². The first-order valence-electron chi connectivity index (χ1n) is 6.97. The van der Waals surface area contributed by atoms with Crippen molar-refractivity contribution < 1.29 is 14.4 Å². The van der Waals surface area contributed by atoms with Gasteiger partial charge in [0.15, 0.2) is 0 Å². The number of hydrogen-bond acceptors (Lipinski definition) is 3. The Kier molecular flexibility index (Phi) is 3.85. The third kappa shape index (κ3) is 2.55. The smallest absolute Gasteiger partial charge is 0.299 e. The zero-order valence-electron chi connectivity index (χ0n) is 13.1. The normalized spacial score (nSPS) is 13.9. The molecular formula is C16H20N2O3. The maximum absolute atomic E-state index is 12.2. The fraction of sp³-hybridized carbons (Fsp3) is 0.438. The number of likely N-dealkylation sites (N-methyl/N-ethyl adjacent to an activating group) is 1. The highest BCUT2D eigenvalue weighted by Gasteiger charge is 2.38. The van der Waals surface area contributed by atoms with E-state index in [9.17, 15) is 14.4 Å². The molecule has 1 aromatic carbocycles. The number of carbonyl (C=O) groups excluding carboxylic acids is 3. The summed E-state index contributed by atoms with van der Waals surface area (Å²) in [5.41, 5.74) is 2.74. The molecule has 1 heterocycles. The fourth-order valence-electron chi connectivity index (χ4n) is 2.52. The highest BCUT2D eigenvalue weighted by Crippen LogP contribution is 2.33. The van der Waals surface area contributed by atoms with Crippen molar-refractivity contribution in [3.63, 3.8) is 0 Å². The minimum absolute atomic E-state index is 0.0458. The number of rotatable bonds is 3. The van der Waals surface area contributed by atoms with E-state index in [0.717, 1.165) is 11.1 Å². The molecule has 0 spiro atoms. The summed E-state index contributed by atoms with van der Waals surface area (Å²) >= 11 is 0. The Labute approximate surface area is 124 Å². The molecule has 0 fully saturated rings. The van der Waals surface area contributed by atoms with Crippen LogP contribution in [-0.4, -0.2) is 42.1 Å². The van der Waals surface area contributed by atoms with Gasteiger partial charge in [0.25, 0.3) is 11.7 Å². The van der Waals surface area contributed by atoms with Gasteiger partial charge >= 0.3 is 0 Å². The van der Waals surface area contributed by atoms with E-state index < -0.39 is 11.7 Å². The van der Waals surface area contributed by atoms with Crippen LogP contribution < -0.4 is 4.90 Å². The molecule has 0 aromatic heterocycles. The van der Waals surface area contributed by atoms with Gasteiger partial charge in [-0.1, -0.05) is 6.07 Å². The van der Waals surface area contributed by atoms with Gasteiger partial charge < -0.3 is 4.90 Å². The molecule has 112 valence electrons. The van der Waals surface area contributed by atoms with Gasteiger partial charge in [0.05, 0.1) is 11.3 Å². The predicted molar refractivity (Wildman–Crippen MR) is 80.5 cm³/mol. The first-order chi connectivity index (χ1) is 9.73. The number of fused-ring (bicyclic) bond motifs is 1. The maximum atomic E-state index is 12.2. The van der Waals surface area contributed by atoms with Gasteiger partial charge in [0, 0.05) is 13.1 Å². The van der Waals surface area contributed by atoms with Crippen molar-refractivity contribution in [2.24, 2.45) is 0 Å². The minimum Gasteiger partial charge on any atom is -0.342 e. The summed E-state index contributed by atoms with van der Waals surface area (Å²) in [6, 6.07) is 3.66. The maximum Gasteiger partial charge on any atom is 0.299 e. The van der Waals surface area contributed by atoms with Gasteiger partial charge in [0.2, 0.25) is 5.91 Å². The van der Waals surface area contributed by atoms with Crippen LogP contribution in [0.2, 0.25) is 0 Å². The van der Waals surface area contributed by atoms with Crippen LogP contribution in [-0.2, 0) is 9.59 Å². The number of benzene rings is 1. The van der Waals surface area contributed by atoms with Crippen LogP contribution in [0.1, 0.15) is 35.3 Å². The second-order valence-corrected chi connectivity index (χ2v) is 5.80. The van der Waals surface area contributed by atoms with Crippen LogP contribution in [0.3, 0.4) is 0 Å². The molecule has 1 aliphatic heterocycles. The Morgan fingerprint density at radius 3 is 2.43 bits per heavy atom. The summed E-state index contributed by atoms with van der Waals surface area (Å²) in [7, 11) is 1.69. The molecule has 0 radical (unpaired) electrons. The van der Waals surface area contributed by atoms with Crippen molar-refractivity contribution in [1.29, 1.82) is 0 Å². The van der Waals surface area contributed by atoms with Crippen LogP contribution in [0.5, 0.6) is 0 Å². The van der Waals surface area contributed by atoms with Gasteiger partial charge in [-0.2, -0.15) is 0 Å². The van der Waals surface area contributed by atoms with E-state index in [4.69, 9.17) is 0 Å². The van der Waals surface area contributed by atoms with E-state index in [1.165, 1.54) is 4.90 Å². The van der Waals surface area contributed by atoms with E-state index in [0.29, 0.717) is 11.3 Å². The van der Waals surface area contributed by atoms with Crippen molar-refractivity contribution in [1.82, 2.24) is 4.90 Å². The third-order valence-electron chi connectivity index (χ3n) is 3.86. The summed E-state index contributed by atoms with van der Waals surface area (Å²) in [5, 5.41) is 0. The Bertz CT molecular complexity index is 635. The third-order valence-corrected chi connectivity index (χ3v) is 3.86. The van der Waals surface area contributed by atoms with E-state index in [2.05, 4.69) is 0 Å². The van der Waals surface area contributed by atoms with E-state index in [1.807, 2.05) is 33.8 Å². The summed E-state index contributed by atoms with van der Waals surface area (Å²) < 4.78 is 0. The molecule has 0 saturated carbocycles. The van der Waals surface area contributed by atoms with Gasteiger partial charge in [-0.25, -0.2) is 0 Å². The molecule has 21 heavy (non-hydrogen) atoms. The number of Topliss-reactive ketones (excluding diaryl/α,β-unsaturated/α-hetero) is 1. The summed E-state index contributed by atoms with van der Waals surface area (Å²) in [6.07, 6.45) is 0. The van der Waals surface area contributed by atoms with Crippen molar-refractivity contribution in [3.8, 4) is 0 Å². The SMILES string of the molecule is Cc1cc(C)c2c(c1)C(=O)C(=O)N2CC(=O)N(C)C(C)C. The molecule has 5 nitrogen and oxygen atoms in total. The standard InChI is InChI=1S/C16H20N2O3/c1-9(2)17(5)13(19)8-18-14-11(4)6-10(3)7-12(14)15(20)16(18)21/h6-7,9H,8H2,1-5H3. The predicted octanol–water partition coefficient (Wildman–Crippen LogP) is 1.70. The van der Waals surface area contributed by atoms with Crippen LogP contribution in [0, 0.1) is 13.8 Å². The quantitative estimate of drug-likeness (QED) is 0.795. The number of nitrogens with zero attached hydrogens (tertiary/aromatic N) is 2. The van der Waals surface area contributed by atoms with Gasteiger partial charge in [-0.3, -0.25) is 19.3 Å². The average Bonchev–Trinajstić information content (AvgIpc) is 2.63. The number of ketones is 1. The molecule has 0 unspecified atom stereocenters. The number of amides is 2. The monoisotopic (exact) mass is 288 g/mol. The van der Waals surface area contributed by atoms with E-state index >= 15 is 0 Å². The van der Waals surface area contributed by atoms with Crippen LogP contribution in [0.25, 0.3) is 0 Å². The molecule has 0 saturated heterocycles. The first kappa shape index (κ1) is 15.2. The summed E-state index contributed by atoms with van der Waals surface area (Å²) in [5.74, 6) is -1.33. The van der Waals surface area contributed by atoms with Crippen LogP contribution >= 0.6 is 0 Å². The number of anilines is 1. The molecular weight excluding hydrogens is 268 g/mol. The van der Waals surface area contributed by atoms with Crippen molar-refractivity contribution in [3.05, 3.63) is 28.8 Å². The minimum atomic E-state index is -0.621. The highest BCUT2D eigenvalue weighted by molar-refractivity contribution is 6.52. The molecule has 0 bridgehead atoms. The lowest BCUT2D eigenvalue weighted by Crippen LogP contribution is -2.43. The van der Waals surface area contributed by atoms with Gasteiger partial charge in [0.1, 0.15) is 6.54 Å². The molecule has 0 aliphatic carbocycles. The average molecular weight is 288 g/mol. The Morgan fingerprint density at radius 2 is 1.86 bits per heavy atom. The molecule has 0 atom stereocenters. The topological polar surface area (TPSA) is 57.7 Å².